The topological polar surface area (TPSA) is 45.4 Å². The Balaban J connectivity index is 1.50. The van der Waals surface area contributed by atoms with Crippen LogP contribution < -0.4 is 5.73 Å². The minimum Gasteiger partial charge on any atom is -0.328 e. The first kappa shape index (κ1) is 14.0. The van der Waals surface area contributed by atoms with Gasteiger partial charge in [0.25, 0.3) is 0 Å². The van der Waals surface area contributed by atoms with E-state index in [0.717, 1.165) is 18.3 Å². The second kappa shape index (κ2) is 6.20. The lowest BCUT2D eigenvalue weighted by molar-refractivity contribution is 0.151. The Morgan fingerprint density at radius 1 is 1.20 bits per heavy atom. The van der Waals surface area contributed by atoms with E-state index >= 15 is 0 Å². The van der Waals surface area contributed by atoms with Gasteiger partial charge in [-0.15, -0.1) is 0 Å². The van der Waals surface area contributed by atoms with Crippen molar-refractivity contribution >= 4 is 0 Å². The molecular weight excluding hydrogens is 248 g/mol. The van der Waals surface area contributed by atoms with Crippen LogP contribution in [0.2, 0.25) is 0 Å². The van der Waals surface area contributed by atoms with Crippen molar-refractivity contribution in [2.75, 3.05) is 26.2 Å². The molecule has 0 aliphatic carbocycles. The maximum absolute atomic E-state index is 5.99. The van der Waals surface area contributed by atoms with Gasteiger partial charge < -0.3 is 5.73 Å². The Kier molecular flexibility index (Phi) is 4.34. The van der Waals surface area contributed by atoms with E-state index in [1.165, 1.54) is 51.0 Å². The number of pyridine rings is 1. The molecule has 2 N–H and O–H groups in total. The number of aryl methyl sites for hydroxylation is 1. The van der Waals surface area contributed by atoms with Crippen LogP contribution in [0, 0.1) is 6.92 Å². The predicted molar refractivity (Wildman–Crippen MR) is 81.4 cm³/mol. The van der Waals surface area contributed by atoms with Crippen LogP contribution >= 0.6 is 0 Å². The molecule has 1 atom stereocenters. The molecule has 2 aliphatic heterocycles. The third-order valence-corrected chi connectivity index (χ3v) is 4.72. The van der Waals surface area contributed by atoms with E-state index in [1.807, 2.05) is 13.1 Å². The van der Waals surface area contributed by atoms with Gasteiger partial charge in [0.15, 0.2) is 0 Å². The summed E-state index contributed by atoms with van der Waals surface area (Å²) in [6, 6.07) is 5.48. The van der Waals surface area contributed by atoms with Gasteiger partial charge in [-0.05, 0) is 50.9 Å². The fourth-order valence-electron chi connectivity index (χ4n) is 3.39. The quantitative estimate of drug-likeness (QED) is 0.905. The van der Waals surface area contributed by atoms with Crippen molar-refractivity contribution in [3.05, 3.63) is 29.6 Å². The summed E-state index contributed by atoms with van der Waals surface area (Å²) in [6.07, 6.45) is 5.65. The fraction of sp³-hybridized carbons (Fsp3) is 0.688. The van der Waals surface area contributed by atoms with E-state index in [4.69, 9.17) is 5.73 Å². The summed E-state index contributed by atoms with van der Waals surface area (Å²) in [5.41, 5.74) is 8.42. The average molecular weight is 274 g/mol. The van der Waals surface area contributed by atoms with Gasteiger partial charge in [0.1, 0.15) is 0 Å². The molecule has 0 amide bonds. The highest BCUT2D eigenvalue weighted by Gasteiger charge is 2.29. The van der Waals surface area contributed by atoms with Gasteiger partial charge in [-0.1, -0.05) is 6.07 Å². The smallest absolute Gasteiger partial charge is 0.0372 e. The van der Waals surface area contributed by atoms with Crippen LogP contribution in [0.15, 0.2) is 18.3 Å². The van der Waals surface area contributed by atoms with Crippen LogP contribution in [0.25, 0.3) is 0 Å². The summed E-state index contributed by atoms with van der Waals surface area (Å²) in [5.74, 6) is 0. The summed E-state index contributed by atoms with van der Waals surface area (Å²) >= 11 is 0. The molecule has 110 valence electrons. The molecule has 1 unspecified atom stereocenters. The van der Waals surface area contributed by atoms with E-state index < -0.39 is 0 Å². The Labute approximate surface area is 122 Å². The maximum Gasteiger partial charge on any atom is 0.0372 e. The number of rotatable bonds is 3. The molecule has 0 bridgehead atoms. The average Bonchev–Trinajstić information content (AvgIpc) is 2.91. The number of aromatic nitrogens is 1. The van der Waals surface area contributed by atoms with Crippen molar-refractivity contribution in [2.24, 2.45) is 5.73 Å². The molecule has 1 aromatic heterocycles. The number of hydrogen-bond acceptors (Lipinski definition) is 4. The summed E-state index contributed by atoms with van der Waals surface area (Å²) in [5, 5.41) is 0. The van der Waals surface area contributed by atoms with Crippen LogP contribution in [-0.4, -0.2) is 53.0 Å². The molecule has 2 fully saturated rings. The zero-order valence-electron chi connectivity index (χ0n) is 12.5. The van der Waals surface area contributed by atoms with Crippen molar-refractivity contribution in [1.82, 2.24) is 14.8 Å². The van der Waals surface area contributed by atoms with Crippen LogP contribution in [0.3, 0.4) is 0 Å². The molecule has 0 spiro atoms. The van der Waals surface area contributed by atoms with Gasteiger partial charge in [-0.2, -0.15) is 0 Å². The molecule has 2 aliphatic rings. The van der Waals surface area contributed by atoms with E-state index in [1.54, 1.807) is 0 Å². The van der Waals surface area contributed by atoms with Gasteiger partial charge >= 0.3 is 0 Å². The molecule has 4 nitrogen and oxygen atoms in total. The number of likely N-dealkylation sites (tertiary alicyclic amines) is 2. The summed E-state index contributed by atoms with van der Waals surface area (Å²) in [7, 11) is 0. The van der Waals surface area contributed by atoms with Gasteiger partial charge in [-0.25, -0.2) is 0 Å². The highest BCUT2D eigenvalue weighted by atomic mass is 15.3. The summed E-state index contributed by atoms with van der Waals surface area (Å²) in [6.45, 7) is 7.86. The molecule has 0 saturated carbocycles. The highest BCUT2D eigenvalue weighted by molar-refractivity contribution is 5.13. The lowest BCUT2D eigenvalue weighted by Crippen LogP contribution is -2.46. The largest absolute Gasteiger partial charge is 0.328 e. The predicted octanol–water partition coefficient (Wildman–Crippen LogP) is 1.39. The zero-order chi connectivity index (χ0) is 13.9. The SMILES string of the molecule is Cc1ccc(CN2CCC(N3CCC(N)CC3)C2)cn1. The van der Waals surface area contributed by atoms with E-state index in [0.29, 0.717) is 6.04 Å². The first-order valence-electron chi connectivity index (χ1n) is 7.84. The molecule has 0 radical (unpaired) electrons. The van der Waals surface area contributed by atoms with Gasteiger partial charge in [0.05, 0.1) is 0 Å². The second-order valence-corrected chi connectivity index (χ2v) is 6.36. The molecule has 4 heteroatoms. The highest BCUT2D eigenvalue weighted by Crippen LogP contribution is 2.21. The number of nitrogens with zero attached hydrogens (tertiary/aromatic N) is 3. The van der Waals surface area contributed by atoms with E-state index in [2.05, 4.69) is 26.9 Å². The third-order valence-electron chi connectivity index (χ3n) is 4.72. The molecule has 3 rings (SSSR count). The van der Waals surface area contributed by atoms with Crippen LogP contribution in [0.5, 0.6) is 0 Å². The Morgan fingerprint density at radius 3 is 2.70 bits per heavy atom. The number of piperidine rings is 1. The molecule has 2 saturated heterocycles. The Hall–Kier alpha value is -0.970. The second-order valence-electron chi connectivity index (χ2n) is 6.36. The number of nitrogens with two attached hydrogens (primary N) is 1. The van der Waals surface area contributed by atoms with Gasteiger partial charge in [-0.3, -0.25) is 14.8 Å². The van der Waals surface area contributed by atoms with E-state index in [-0.39, 0.29) is 0 Å². The van der Waals surface area contributed by atoms with Gasteiger partial charge in [0.2, 0.25) is 0 Å². The molecule has 0 aromatic carbocycles. The van der Waals surface area contributed by atoms with Crippen molar-refractivity contribution < 1.29 is 0 Å². The summed E-state index contributed by atoms with van der Waals surface area (Å²) < 4.78 is 0. The van der Waals surface area contributed by atoms with Crippen LogP contribution in [-0.2, 0) is 6.54 Å². The Bertz CT molecular complexity index is 423. The zero-order valence-corrected chi connectivity index (χ0v) is 12.5. The maximum atomic E-state index is 5.99. The fourth-order valence-corrected chi connectivity index (χ4v) is 3.39. The minimum absolute atomic E-state index is 0.433. The van der Waals surface area contributed by atoms with Crippen molar-refractivity contribution in [3.8, 4) is 0 Å². The standard InChI is InChI=1S/C16H26N4/c1-13-2-3-14(10-18-13)11-19-7-6-16(12-19)20-8-4-15(17)5-9-20/h2-3,10,15-16H,4-9,11-12,17H2,1H3. The lowest BCUT2D eigenvalue weighted by atomic mass is 10.0. The molecule has 1 aromatic rings. The van der Waals surface area contributed by atoms with Crippen molar-refractivity contribution in [2.45, 2.75) is 44.8 Å². The van der Waals surface area contributed by atoms with Gasteiger partial charge in [0, 0.05) is 43.6 Å². The van der Waals surface area contributed by atoms with Crippen molar-refractivity contribution in [3.63, 3.8) is 0 Å². The van der Waals surface area contributed by atoms with Crippen molar-refractivity contribution in [1.29, 1.82) is 0 Å². The first-order chi connectivity index (χ1) is 9.70. The number of hydrogen-bond donors (Lipinski definition) is 1. The normalized spacial score (nSPS) is 26.2. The van der Waals surface area contributed by atoms with Crippen LogP contribution in [0.1, 0.15) is 30.5 Å². The molecule has 3 heterocycles. The van der Waals surface area contributed by atoms with Crippen LogP contribution in [0.4, 0.5) is 0 Å². The Morgan fingerprint density at radius 2 is 2.00 bits per heavy atom. The monoisotopic (exact) mass is 274 g/mol. The first-order valence-corrected chi connectivity index (χ1v) is 7.84. The van der Waals surface area contributed by atoms with E-state index in [9.17, 15) is 0 Å². The molecule has 20 heavy (non-hydrogen) atoms. The lowest BCUT2D eigenvalue weighted by Gasteiger charge is -2.34. The molecular formula is C16H26N4. The minimum atomic E-state index is 0.433. The third kappa shape index (κ3) is 3.37. The summed E-state index contributed by atoms with van der Waals surface area (Å²) in [4.78, 5) is 9.60.